The second-order valence-electron chi connectivity index (χ2n) is 7.08. The van der Waals surface area contributed by atoms with Gasteiger partial charge in [-0.15, -0.1) is 0 Å². The molecule has 1 unspecified atom stereocenters. The fourth-order valence-electron chi connectivity index (χ4n) is 2.82. The van der Waals surface area contributed by atoms with Gasteiger partial charge in [-0.3, -0.25) is 9.59 Å². The first kappa shape index (κ1) is 20.4. The van der Waals surface area contributed by atoms with Crippen LogP contribution >= 0.6 is 15.9 Å². The largest absolute Gasteiger partial charge is 0.494 e. The fourth-order valence-corrected chi connectivity index (χ4v) is 3.20. The molecule has 0 aromatic heterocycles. The van der Waals surface area contributed by atoms with Gasteiger partial charge in [0.1, 0.15) is 5.75 Å². The highest BCUT2D eigenvalue weighted by Gasteiger charge is 2.29. The lowest BCUT2D eigenvalue weighted by Gasteiger charge is -2.15. The number of hydrogen-bond donors (Lipinski definition) is 2. The van der Waals surface area contributed by atoms with Crippen LogP contribution in [-0.2, 0) is 9.59 Å². The average Bonchev–Trinajstić information content (AvgIpc) is 3.51. The van der Waals surface area contributed by atoms with Gasteiger partial charge in [0, 0.05) is 22.5 Å². The summed E-state index contributed by atoms with van der Waals surface area (Å²) in [6, 6.07) is 15.2. The molecule has 1 atom stereocenters. The van der Waals surface area contributed by atoms with Crippen LogP contribution in [0.4, 0.5) is 5.69 Å². The molecule has 1 aliphatic rings. The minimum atomic E-state index is -0.0910. The molecule has 2 amide bonds. The van der Waals surface area contributed by atoms with E-state index in [0.717, 1.165) is 34.3 Å². The summed E-state index contributed by atoms with van der Waals surface area (Å²) in [7, 11) is 0. The van der Waals surface area contributed by atoms with E-state index in [4.69, 9.17) is 4.74 Å². The highest BCUT2D eigenvalue weighted by molar-refractivity contribution is 9.10. The van der Waals surface area contributed by atoms with Gasteiger partial charge in [0.15, 0.2) is 0 Å². The molecule has 0 radical (unpaired) electrons. The Balaban J connectivity index is 1.37. The summed E-state index contributed by atoms with van der Waals surface area (Å²) in [5.74, 6) is 1.07. The van der Waals surface area contributed by atoms with E-state index in [-0.39, 0.29) is 23.8 Å². The van der Waals surface area contributed by atoms with E-state index < -0.39 is 0 Å². The van der Waals surface area contributed by atoms with E-state index in [1.54, 1.807) is 0 Å². The second-order valence-corrected chi connectivity index (χ2v) is 8.00. The molecule has 28 heavy (non-hydrogen) atoms. The third-order valence-electron chi connectivity index (χ3n) is 4.62. The van der Waals surface area contributed by atoms with Gasteiger partial charge >= 0.3 is 0 Å². The third kappa shape index (κ3) is 6.37. The average molecular weight is 445 g/mol. The van der Waals surface area contributed by atoms with E-state index in [0.29, 0.717) is 19.4 Å². The molecule has 6 heteroatoms. The van der Waals surface area contributed by atoms with Crippen LogP contribution in [0, 0.1) is 5.92 Å². The number of benzene rings is 2. The number of hydrogen-bond acceptors (Lipinski definition) is 3. The molecule has 0 spiro atoms. The molecule has 0 bridgehead atoms. The van der Waals surface area contributed by atoms with E-state index in [9.17, 15) is 9.59 Å². The number of carbonyl (C=O) groups excluding carboxylic acids is 2. The van der Waals surface area contributed by atoms with Gasteiger partial charge in [-0.1, -0.05) is 34.1 Å². The third-order valence-corrected chi connectivity index (χ3v) is 5.11. The molecule has 0 saturated heterocycles. The summed E-state index contributed by atoms with van der Waals surface area (Å²) in [4.78, 5) is 23.9. The van der Waals surface area contributed by atoms with E-state index in [1.165, 1.54) is 0 Å². The Morgan fingerprint density at radius 1 is 1.18 bits per heavy atom. The summed E-state index contributed by atoms with van der Waals surface area (Å²) in [6.45, 7) is 2.45. The Hall–Kier alpha value is -2.34. The van der Waals surface area contributed by atoms with Crippen molar-refractivity contribution in [3.8, 4) is 5.75 Å². The zero-order chi connectivity index (χ0) is 19.9. The minimum absolute atomic E-state index is 0.00328. The number of nitrogens with one attached hydrogen (secondary N) is 2. The van der Waals surface area contributed by atoms with Gasteiger partial charge in [0.25, 0.3) is 0 Å². The number of amides is 2. The molecule has 148 valence electrons. The number of anilines is 1. The van der Waals surface area contributed by atoms with Crippen LogP contribution in [-0.4, -0.2) is 18.4 Å². The van der Waals surface area contributed by atoms with Gasteiger partial charge in [0.05, 0.1) is 12.6 Å². The molecule has 1 fully saturated rings. The van der Waals surface area contributed by atoms with Gasteiger partial charge in [-0.2, -0.15) is 0 Å². The molecule has 1 aliphatic carbocycles. The van der Waals surface area contributed by atoms with Gasteiger partial charge < -0.3 is 15.4 Å². The maximum atomic E-state index is 12.2. The monoisotopic (exact) mass is 444 g/mol. The van der Waals surface area contributed by atoms with Gasteiger partial charge in [0.2, 0.25) is 11.8 Å². The van der Waals surface area contributed by atoms with Crippen LogP contribution in [0.3, 0.4) is 0 Å². The maximum absolute atomic E-state index is 12.2. The van der Waals surface area contributed by atoms with Gasteiger partial charge in [-0.05, 0) is 62.1 Å². The lowest BCUT2D eigenvalue weighted by atomic mass is 10.1. The van der Waals surface area contributed by atoms with Crippen molar-refractivity contribution in [2.75, 3.05) is 11.9 Å². The smallest absolute Gasteiger partial charge is 0.227 e. The Morgan fingerprint density at radius 2 is 1.93 bits per heavy atom. The van der Waals surface area contributed by atoms with Crippen molar-refractivity contribution in [2.45, 2.75) is 38.6 Å². The van der Waals surface area contributed by atoms with Gasteiger partial charge in [-0.25, -0.2) is 0 Å². The summed E-state index contributed by atoms with van der Waals surface area (Å²) in [5, 5.41) is 5.92. The van der Waals surface area contributed by atoms with Crippen molar-refractivity contribution in [2.24, 2.45) is 5.92 Å². The standard InChI is InChI=1S/C22H25BrN2O3/c1-15(16-9-11-19(12-10-16)25-22(27)17-7-8-17)24-21(26)6-3-13-28-20-5-2-4-18(23)14-20/h2,4-5,9-12,14-15,17H,3,6-8,13H2,1H3,(H,24,26)(H,25,27). The molecule has 2 aromatic carbocycles. The van der Waals surface area contributed by atoms with Crippen molar-refractivity contribution in [1.82, 2.24) is 5.32 Å². The summed E-state index contributed by atoms with van der Waals surface area (Å²) in [6.07, 6.45) is 3.03. The van der Waals surface area contributed by atoms with Crippen molar-refractivity contribution in [3.05, 3.63) is 58.6 Å². The highest BCUT2D eigenvalue weighted by atomic mass is 79.9. The molecular formula is C22H25BrN2O3. The molecular weight excluding hydrogens is 420 g/mol. The summed E-state index contributed by atoms with van der Waals surface area (Å²) >= 11 is 3.40. The molecule has 0 aliphatic heterocycles. The first-order valence-electron chi connectivity index (χ1n) is 9.60. The minimum Gasteiger partial charge on any atom is -0.494 e. The summed E-state index contributed by atoms with van der Waals surface area (Å²) in [5.41, 5.74) is 1.80. The number of ether oxygens (including phenoxy) is 1. The normalized spacial score (nSPS) is 14.2. The quantitative estimate of drug-likeness (QED) is 0.543. The second kappa shape index (κ2) is 9.73. The van der Waals surface area contributed by atoms with Crippen LogP contribution in [0.5, 0.6) is 5.75 Å². The fraction of sp³-hybridized carbons (Fsp3) is 0.364. The molecule has 2 N–H and O–H groups in total. The number of carbonyl (C=O) groups is 2. The zero-order valence-corrected chi connectivity index (χ0v) is 17.5. The number of halogens is 1. The Labute approximate surface area is 174 Å². The molecule has 0 heterocycles. The Kier molecular flexibility index (Phi) is 7.09. The van der Waals surface area contributed by atoms with Crippen molar-refractivity contribution >= 4 is 33.4 Å². The molecule has 3 rings (SSSR count). The first-order chi connectivity index (χ1) is 13.5. The van der Waals surface area contributed by atoms with E-state index >= 15 is 0 Å². The van der Waals surface area contributed by atoms with Crippen LogP contribution in [0.15, 0.2) is 53.0 Å². The highest BCUT2D eigenvalue weighted by Crippen LogP contribution is 2.30. The zero-order valence-electron chi connectivity index (χ0n) is 15.9. The predicted molar refractivity (Wildman–Crippen MR) is 113 cm³/mol. The van der Waals surface area contributed by atoms with E-state index in [1.807, 2.05) is 55.5 Å². The summed E-state index contributed by atoms with van der Waals surface area (Å²) < 4.78 is 6.62. The first-order valence-corrected chi connectivity index (χ1v) is 10.4. The lowest BCUT2D eigenvalue weighted by Crippen LogP contribution is -2.26. The number of rotatable bonds is 9. The maximum Gasteiger partial charge on any atom is 0.227 e. The van der Waals surface area contributed by atoms with Crippen LogP contribution in [0.1, 0.15) is 44.2 Å². The molecule has 5 nitrogen and oxygen atoms in total. The Morgan fingerprint density at radius 3 is 2.61 bits per heavy atom. The topological polar surface area (TPSA) is 67.4 Å². The Bertz CT molecular complexity index is 819. The van der Waals surface area contributed by atoms with Crippen molar-refractivity contribution in [3.63, 3.8) is 0 Å². The van der Waals surface area contributed by atoms with Crippen molar-refractivity contribution < 1.29 is 14.3 Å². The lowest BCUT2D eigenvalue weighted by molar-refractivity contribution is -0.122. The van der Waals surface area contributed by atoms with Crippen LogP contribution in [0.25, 0.3) is 0 Å². The molecule has 2 aromatic rings. The predicted octanol–water partition coefficient (Wildman–Crippen LogP) is 4.83. The van der Waals surface area contributed by atoms with Crippen LogP contribution in [0.2, 0.25) is 0 Å². The van der Waals surface area contributed by atoms with Crippen molar-refractivity contribution in [1.29, 1.82) is 0 Å². The molecule has 1 saturated carbocycles. The van der Waals surface area contributed by atoms with Crippen LogP contribution < -0.4 is 15.4 Å². The van der Waals surface area contributed by atoms with E-state index in [2.05, 4.69) is 26.6 Å². The SMILES string of the molecule is CC(NC(=O)CCCOc1cccc(Br)c1)c1ccc(NC(=O)C2CC2)cc1.